The Morgan fingerprint density at radius 3 is 0.942 bits per heavy atom. The van der Waals surface area contributed by atoms with Crippen molar-refractivity contribution in [3.8, 4) is 0 Å². The molecule has 0 bridgehead atoms. The monoisotopic (exact) mass is 1200 g/mol. The molecule has 0 aliphatic carbocycles. The predicted molar refractivity (Wildman–Crippen MR) is 371 cm³/mol. The van der Waals surface area contributed by atoms with Gasteiger partial charge in [0, 0.05) is 12.8 Å². The predicted octanol–water partition coefficient (Wildman–Crippen LogP) is 21.5. The van der Waals surface area contributed by atoms with Crippen LogP contribution in [0.2, 0.25) is 0 Å². The Morgan fingerprint density at radius 2 is 0.628 bits per heavy atom. The molecule has 0 rings (SSSR count). The second-order valence-electron chi connectivity index (χ2n) is 22.0. The number of hydrogen-bond donors (Lipinski definition) is 1. The van der Waals surface area contributed by atoms with Gasteiger partial charge in [-0.2, -0.15) is 0 Å². The van der Waals surface area contributed by atoms with Gasteiger partial charge < -0.3 is 18.9 Å². The highest BCUT2D eigenvalue weighted by atomic mass is 31.2. The largest absolute Gasteiger partial charge is 0.472 e. The average molecular weight is 1210 g/mol. The standard InChI is InChI=1S/C76H118NO8P/c1-6-8-10-12-14-16-18-20-22-24-26-28-30-32-33-34-35-36-37-38-39-40-41-42-43-45-47-49-51-53-55-57-59-61-63-65-67-69-76(79)85-74(73-84-86(80,81)83-71-70-77(3,4)5)72-82-75(78)68-66-64-62-60-58-56-54-52-50-48-46-44-31-29-27-25-23-21-19-17-15-13-11-9-7-2/h8-11,14-17,20-23,26-29,32-33,35-36,38-39,41-42,44-47,50-53,56,58,74H,6-7,12-13,18-19,24-25,30-31,34,37,40,43,48-49,54-55,57,59-73H2,1-5H3/p+1/b10-8-,11-9-,16-14-,17-15-,22-20-,23-21-,28-26-,29-27-,33-32-,36-35-,39-38-,42-41-,46-44-,47-45-,52-50-,53-51-,58-56-. The van der Waals surface area contributed by atoms with Crippen molar-refractivity contribution >= 4 is 19.8 Å². The summed E-state index contributed by atoms with van der Waals surface area (Å²) in [5.41, 5.74) is 0. The quantitative estimate of drug-likeness (QED) is 0.0211. The van der Waals surface area contributed by atoms with Gasteiger partial charge in [0.15, 0.2) is 6.10 Å². The van der Waals surface area contributed by atoms with Gasteiger partial charge in [0.05, 0.1) is 27.7 Å². The van der Waals surface area contributed by atoms with Gasteiger partial charge >= 0.3 is 19.8 Å². The Kier molecular flexibility index (Phi) is 60.0. The van der Waals surface area contributed by atoms with Gasteiger partial charge in [-0.25, -0.2) is 4.57 Å². The fraction of sp³-hybridized carbons (Fsp3) is 0.526. The van der Waals surface area contributed by atoms with Crippen LogP contribution in [0.25, 0.3) is 0 Å². The Hall–Kier alpha value is -5.41. The molecule has 0 aromatic heterocycles. The molecule has 9 nitrogen and oxygen atoms in total. The number of phosphoric acid groups is 1. The third kappa shape index (κ3) is 67.7. The molecule has 0 radical (unpaired) electrons. The highest BCUT2D eigenvalue weighted by Gasteiger charge is 2.27. The van der Waals surface area contributed by atoms with Gasteiger partial charge in [0.1, 0.15) is 19.8 Å². The second-order valence-corrected chi connectivity index (χ2v) is 23.5. The molecular weight excluding hydrogens is 1090 g/mol. The molecule has 2 atom stereocenters. The number of phosphoric ester groups is 1. The molecule has 0 amide bonds. The molecule has 0 saturated carbocycles. The zero-order chi connectivity index (χ0) is 62.6. The van der Waals surface area contributed by atoms with E-state index in [1.54, 1.807) is 0 Å². The number of allylic oxidation sites excluding steroid dienone is 34. The molecule has 0 fully saturated rings. The lowest BCUT2D eigenvalue weighted by atomic mass is 10.1. The third-order valence-electron chi connectivity index (χ3n) is 12.8. The van der Waals surface area contributed by atoms with Gasteiger partial charge in [-0.15, -0.1) is 0 Å². The number of hydrogen-bond acceptors (Lipinski definition) is 7. The SMILES string of the molecule is CC/C=C\C/C=C\C/C=C\C/C=C\C/C=C\C/C=C\C/C=C\C/C=C\C/C=C\C/C=C\CCCCCCCCC(=O)OC(COC(=O)CCCCC/C=C\C/C=C\C/C=C\C/C=C\C/C=C\C/C=C\C/C=C\CC)COP(=O)(O)OCC[N+](C)(C)C. The van der Waals surface area contributed by atoms with Gasteiger partial charge in [-0.3, -0.25) is 18.6 Å². The van der Waals surface area contributed by atoms with Crippen LogP contribution in [0.4, 0.5) is 0 Å². The maximum absolute atomic E-state index is 12.9. The van der Waals surface area contributed by atoms with Gasteiger partial charge in [0.25, 0.3) is 0 Å². The van der Waals surface area contributed by atoms with Crippen molar-refractivity contribution in [2.75, 3.05) is 47.5 Å². The molecule has 0 saturated heterocycles. The van der Waals surface area contributed by atoms with E-state index in [1.807, 2.05) is 21.1 Å². The van der Waals surface area contributed by atoms with Crippen molar-refractivity contribution in [2.45, 2.75) is 213 Å². The first kappa shape index (κ1) is 80.6. The van der Waals surface area contributed by atoms with Crippen LogP contribution in [0, 0.1) is 0 Å². The van der Waals surface area contributed by atoms with Crippen LogP contribution in [-0.4, -0.2) is 74.9 Å². The number of carbonyl (C=O) groups excluding carboxylic acids is 2. The Balaban J connectivity index is 4.27. The average Bonchev–Trinajstić information content (AvgIpc) is 3.67. The number of carbonyl (C=O) groups is 2. The molecule has 0 aliphatic rings. The molecule has 10 heteroatoms. The van der Waals surface area contributed by atoms with Crippen molar-refractivity contribution in [3.05, 3.63) is 207 Å². The molecule has 480 valence electrons. The molecular formula is C76H119NO8P+. The Labute approximate surface area is 525 Å². The zero-order valence-electron chi connectivity index (χ0n) is 54.4. The summed E-state index contributed by atoms with van der Waals surface area (Å²) in [4.78, 5) is 35.8. The number of quaternary nitrogens is 1. The van der Waals surface area contributed by atoms with E-state index in [0.29, 0.717) is 23.9 Å². The van der Waals surface area contributed by atoms with Crippen LogP contribution < -0.4 is 0 Å². The lowest BCUT2D eigenvalue weighted by molar-refractivity contribution is -0.870. The number of likely N-dealkylation sites (N-methyl/N-ethyl adjacent to an activating group) is 1. The second kappa shape index (κ2) is 64.1. The topological polar surface area (TPSA) is 108 Å². The maximum Gasteiger partial charge on any atom is 0.472 e. The van der Waals surface area contributed by atoms with E-state index in [1.165, 1.54) is 0 Å². The van der Waals surface area contributed by atoms with Crippen LogP contribution >= 0.6 is 7.82 Å². The molecule has 86 heavy (non-hydrogen) atoms. The van der Waals surface area contributed by atoms with Gasteiger partial charge in [0.2, 0.25) is 0 Å². The molecule has 0 heterocycles. The zero-order valence-corrected chi connectivity index (χ0v) is 55.3. The summed E-state index contributed by atoms with van der Waals surface area (Å²) in [6.07, 6.45) is 102. The van der Waals surface area contributed by atoms with E-state index in [9.17, 15) is 19.0 Å². The number of nitrogens with zero attached hydrogens (tertiary/aromatic N) is 1. The highest BCUT2D eigenvalue weighted by Crippen LogP contribution is 2.43. The van der Waals surface area contributed by atoms with Gasteiger partial charge in [-0.1, -0.05) is 253 Å². The van der Waals surface area contributed by atoms with Crippen molar-refractivity contribution in [1.29, 1.82) is 0 Å². The van der Waals surface area contributed by atoms with E-state index in [-0.39, 0.29) is 26.1 Å². The molecule has 0 aromatic carbocycles. The summed E-state index contributed by atoms with van der Waals surface area (Å²) in [5, 5.41) is 0. The van der Waals surface area contributed by atoms with E-state index >= 15 is 0 Å². The van der Waals surface area contributed by atoms with Crippen LogP contribution in [0.3, 0.4) is 0 Å². The minimum Gasteiger partial charge on any atom is -0.462 e. The number of ether oxygens (including phenoxy) is 2. The fourth-order valence-corrected chi connectivity index (χ4v) is 8.59. The van der Waals surface area contributed by atoms with E-state index in [0.717, 1.165) is 167 Å². The summed E-state index contributed by atoms with van der Waals surface area (Å²) in [6, 6.07) is 0. The summed E-state index contributed by atoms with van der Waals surface area (Å²) >= 11 is 0. The van der Waals surface area contributed by atoms with Crippen LogP contribution in [-0.2, 0) is 32.7 Å². The van der Waals surface area contributed by atoms with E-state index in [4.69, 9.17) is 18.5 Å². The Morgan fingerprint density at radius 1 is 0.360 bits per heavy atom. The van der Waals surface area contributed by atoms with Crippen molar-refractivity contribution in [2.24, 2.45) is 0 Å². The normalized spacial score (nSPS) is 14.5. The minimum atomic E-state index is -4.42. The first-order valence-corrected chi connectivity index (χ1v) is 34.3. The summed E-state index contributed by atoms with van der Waals surface area (Å²) in [5.74, 6) is -0.872. The molecule has 0 aliphatic heterocycles. The highest BCUT2D eigenvalue weighted by molar-refractivity contribution is 7.47. The number of rotatable bonds is 57. The Bertz CT molecular complexity index is 2200. The summed E-state index contributed by atoms with van der Waals surface area (Å²) in [6.45, 7) is 4.11. The van der Waals surface area contributed by atoms with Crippen molar-refractivity contribution < 1.29 is 42.1 Å². The number of esters is 2. The smallest absolute Gasteiger partial charge is 0.462 e. The lowest BCUT2D eigenvalue weighted by Crippen LogP contribution is -2.37. The summed E-state index contributed by atoms with van der Waals surface area (Å²) < 4.78 is 34.6. The molecule has 2 unspecified atom stereocenters. The fourth-order valence-electron chi connectivity index (χ4n) is 7.84. The van der Waals surface area contributed by atoms with Gasteiger partial charge in [-0.05, 0) is 148 Å². The van der Waals surface area contributed by atoms with Crippen LogP contribution in [0.1, 0.15) is 206 Å². The number of unbranched alkanes of at least 4 members (excludes halogenated alkanes) is 9. The first-order chi connectivity index (χ1) is 42.0. The van der Waals surface area contributed by atoms with Crippen LogP contribution in [0.15, 0.2) is 207 Å². The maximum atomic E-state index is 12.9. The first-order valence-electron chi connectivity index (χ1n) is 32.8. The minimum absolute atomic E-state index is 0.0100. The van der Waals surface area contributed by atoms with Crippen molar-refractivity contribution in [3.63, 3.8) is 0 Å². The van der Waals surface area contributed by atoms with E-state index in [2.05, 4.69) is 220 Å². The molecule has 1 N–H and O–H groups in total. The van der Waals surface area contributed by atoms with E-state index < -0.39 is 32.5 Å². The summed E-state index contributed by atoms with van der Waals surface area (Å²) in [7, 11) is 1.41. The van der Waals surface area contributed by atoms with Crippen molar-refractivity contribution in [1.82, 2.24) is 0 Å². The molecule has 0 spiro atoms. The lowest BCUT2D eigenvalue weighted by Gasteiger charge is -2.24. The van der Waals surface area contributed by atoms with Crippen LogP contribution in [0.5, 0.6) is 0 Å². The molecule has 0 aromatic rings. The third-order valence-corrected chi connectivity index (χ3v) is 13.8.